The lowest BCUT2D eigenvalue weighted by molar-refractivity contribution is -0.125. The van der Waals surface area contributed by atoms with Gasteiger partial charge < -0.3 is 16.4 Å². The minimum atomic E-state index is 0.195. The second-order valence-electron chi connectivity index (χ2n) is 4.81. The fourth-order valence-electron chi connectivity index (χ4n) is 2.46. The third kappa shape index (κ3) is 2.92. The largest absolute Gasteiger partial charge is 0.353 e. The first-order valence-corrected chi connectivity index (χ1v) is 6.02. The van der Waals surface area contributed by atoms with Crippen LogP contribution in [0.25, 0.3) is 0 Å². The Hall–Kier alpha value is -0.610. The summed E-state index contributed by atoms with van der Waals surface area (Å²) in [5.41, 5.74) is 5.83. The van der Waals surface area contributed by atoms with Crippen molar-refractivity contribution >= 4 is 5.91 Å². The molecule has 4 heteroatoms. The van der Waals surface area contributed by atoms with Crippen LogP contribution in [0.1, 0.15) is 32.1 Å². The molecule has 0 aromatic heterocycles. The molecule has 4 N–H and O–H groups in total. The summed E-state index contributed by atoms with van der Waals surface area (Å²) in [6.07, 6.45) is 5.18. The van der Waals surface area contributed by atoms with Crippen LogP contribution in [0.3, 0.4) is 0 Å². The van der Waals surface area contributed by atoms with Crippen LogP contribution in [0.4, 0.5) is 0 Å². The van der Waals surface area contributed by atoms with Gasteiger partial charge in [0, 0.05) is 18.6 Å². The van der Waals surface area contributed by atoms with Crippen molar-refractivity contribution < 1.29 is 4.79 Å². The van der Waals surface area contributed by atoms with E-state index in [0.717, 1.165) is 45.2 Å². The van der Waals surface area contributed by atoms with Crippen molar-refractivity contribution in [3.8, 4) is 0 Å². The van der Waals surface area contributed by atoms with E-state index < -0.39 is 0 Å². The summed E-state index contributed by atoms with van der Waals surface area (Å²) >= 11 is 0. The quantitative estimate of drug-likeness (QED) is 0.601. The lowest BCUT2D eigenvalue weighted by Crippen LogP contribution is -2.43. The molecule has 15 heavy (non-hydrogen) atoms. The van der Waals surface area contributed by atoms with E-state index in [4.69, 9.17) is 5.73 Å². The first-order chi connectivity index (χ1) is 7.25. The Bertz CT molecular complexity index is 218. The van der Waals surface area contributed by atoms with Gasteiger partial charge in [-0.2, -0.15) is 0 Å². The van der Waals surface area contributed by atoms with Crippen molar-refractivity contribution in [3.05, 3.63) is 0 Å². The summed E-state index contributed by atoms with van der Waals surface area (Å²) in [7, 11) is 0. The Labute approximate surface area is 91.0 Å². The zero-order valence-corrected chi connectivity index (χ0v) is 9.17. The molecule has 4 nitrogen and oxygen atoms in total. The fraction of sp³-hybridized carbons (Fsp3) is 0.909. The first kappa shape index (κ1) is 10.9. The Kier molecular flexibility index (Phi) is 3.59. The first-order valence-electron chi connectivity index (χ1n) is 6.02. The molecule has 0 spiro atoms. The monoisotopic (exact) mass is 211 g/mol. The average Bonchev–Trinajstić information content (AvgIpc) is 2.74. The van der Waals surface area contributed by atoms with Gasteiger partial charge in [0.05, 0.1) is 5.92 Å². The fourth-order valence-corrected chi connectivity index (χ4v) is 2.46. The maximum Gasteiger partial charge on any atom is 0.224 e. The maximum absolute atomic E-state index is 11.8. The summed E-state index contributed by atoms with van der Waals surface area (Å²) in [5.74, 6) is 0.432. The topological polar surface area (TPSA) is 67.1 Å². The van der Waals surface area contributed by atoms with Crippen LogP contribution in [-0.4, -0.2) is 31.1 Å². The van der Waals surface area contributed by atoms with Gasteiger partial charge in [-0.25, -0.2) is 0 Å². The highest BCUT2D eigenvalue weighted by atomic mass is 16.2. The normalized spacial score (nSPS) is 36.5. The highest BCUT2D eigenvalue weighted by molar-refractivity contribution is 5.79. The number of carbonyl (C=O) groups excluding carboxylic acids is 1. The van der Waals surface area contributed by atoms with Gasteiger partial charge in [-0.05, 0) is 38.6 Å². The van der Waals surface area contributed by atoms with Crippen molar-refractivity contribution in [1.29, 1.82) is 0 Å². The Morgan fingerprint density at radius 2 is 1.93 bits per heavy atom. The number of carbonyl (C=O) groups is 1. The molecular weight excluding hydrogens is 190 g/mol. The molecule has 0 radical (unpaired) electrons. The summed E-state index contributed by atoms with van der Waals surface area (Å²) < 4.78 is 0. The van der Waals surface area contributed by atoms with Crippen molar-refractivity contribution in [2.75, 3.05) is 13.1 Å². The van der Waals surface area contributed by atoms with E-state index in [-0.39, 0.29) is 11.8 Å². The average molecular weight is 211 g/mol. The maximum atomic E-state index is 11.8. The Morgan fingerprint density at radius 3 is 2.53 bits per heavy atom. The Balaban J connectivity index is 1.74. The second-order valence-corrected chi connectivity index (χ2v) is 4.81. The molecule has 1 saturated heterocycles. The van der Waals surface area contributed by atoms with E-state index in [0.29, 0.717) is 12.1 Å². The summed E-state index contributed by atoms with van der Waals surface area (Å²) in [6.45, 7) is 1.83. The van der Waals surface area contributed by atoms with Gasteiger partial charge in [-0.3, -0.25) is 4.79 Å². The van der Waals surface area contributed by atoms with Crippen LogP contribution >= 0.6 is 0 Å². The van der Waals surface area contributed by atoms with E-state index in [9.17, 15) is 4.79 Å². The molecule has 0 bridgehead atoms. The SMILES string of the molecule is NC1CCC(NC(=O)C2CCNC2)CC1. The van der Waals surface area contributed by atoms with E-state index >= 15 is 0 Å². The predicted molar refractivity (Wildman–Crippen MR) is 59.4 cm³/mol. The van der Waals surface area contributed by atoms with Crippen molar-refractivity contribution in [2.24, 2.45) is 11.7 Å². The van der Waals surface area contributed by atoms with Crippen LogP contribution in [-0.2, 0) is 4.79 Å². The molecule has 0 aromatic carbocycles. The molecule has 1 aliphatic carbocycles. The van der Waals surface area contributed by atoms with Gasteiger partial charge in [0.25, 0.3) is 0 Å². The predicted octanol–water partition coefficient (Wildman–Crippen LogP) is -0.0180. The molecule has 1 amide bonds. The van der Waals surface area contributed by atoms with E-state index in [1.54, 1.807) is 0 Å². The molecule has 86 valence electrons. The summed E-state index contributed by atoms with van der Waals surface area (Å²) in [4.78, 5) is 11.8. The van der Waals surface area contributed by atoms with Crippen LogP contribution in [0.2, 0.25) is 0 Å². The van der Waals surface area contributed by atoms with Gasteiger partial charge in [-0.1, -0.05) is 0 Å². The zero-order chi connectivity index (χ0) is 10.7. The number of hydrogen-bond acceptors (Lipinski definition) is 3. The molecular formula is C11H21N3O. The summed E-state index contributed by atoms with van der Waals surface area (Å²) in [5, 5.41) is 6.36. The van der Waals surface area contributed by atoms with Crippen LogP contribution in [0, 0.1) is 5.92 Å². The third-order valence-corrected chi connectivity index (χ3v) is 3.55. The molecule has 2 fully saturated rings. The molecule has 1 heterocycles. The van der Waals surface area contributed by atoms with Crippen LogP contribution in [0.15, 0.2) is 0 Å². The molecule has 1 aliphatic heterocycles. The highest BCUT2D eigenvalue weighted by Crippen LogP contribution is 2.18. The van der Waals surface area contributed by atoms with E-state index in [1.165, 1.54) is 0 Å². The molecule has 1 saturated carbocycles. The third-order valence-electron chi connectivity index (χ3n) is 3.55. The van der Waals surface area contributed by atoms with E-state index in [2.05, 4.69) is 10.6 Å². The highest BCUT2D eigenvalue weighted by Gasteiger charge is 2.26. The van der Waals surface area contributed by atoms with Gasteiger partial charge in [0.2, 0.25) is 5.91 Å². The zero-order valence-electron chi connectivity index (χ0n) is 9.17. The number of hydrogen-bond donors (Lipinski definition) is 3. The summed E-state index contributed by atoms with van der Waals surface area (Å²) in [6, 6.07) is 0.726. The van der Waals surface area contributed by atoms with Gasteiger partial charge >= 0.3 is 0 Å². The van der Waals surface area contributed by atoms with Crippen molar-refractivity contribution in [1.82, 2.24) is 10.6 Å². The van der Waals surface area contributed by atoms with Crippen LogP contribution in [0.5, 0.6) is 0 Å². The van der Waals surface area contributed by atoms with Gasteiger partial charge in [-0.15, -0.1) is 0 Å². The van der Waals surface area contributed by atoms with Crippen molar-refractivity contribution in [3.63, 3.8) is 0 Å². The number of nitrogens with two attached hydrogens (primary N) is 1. The molecule has 2 rings (SSSR count). The lowest BCUT2D eigenvalue weighted by Gasteiger charge is -2.27. The Morgan fingerprint density at radius 1 is 1.20 bits per heavy atom. The molecule has 0 aromatic rings. The molecule has 2 aliphatic rings. The van der Waals surface area contributed by atoms with E-state index in [1.807, 2.05) is 0 Å². The smallest absolute Gasteiger partial charge is 0.224 e. The lowest BCUT2D eigenvalue weighted by atomic mass is 9.91. The molecule has 1 unspecified atom stereocenters. The number of nitrogens with one attached hydrogen (secondary N) is 2. The molecule has 1 atom stereocenters. The minimum absolute atomic E-state index is 0.195. The standard InChI is InChI=1S/C11H21N3O/c12-9-1-3-10(4-2-9)14-11(15)8-5-6-13-7-8/h8-10,13H,1-7,12H2,(H,14,15). The van der Waals surface area contributed by atoms with Gasteiger partial charge in [0.15, 0.2) is 0 Å². The number of rotatable bonds is 2. The van der Waals surface area contributed by atoms with Crippen molar-refractivity contribution in [2.45, 2.75) is 44.2 Å². The van der Waals surface area contributed by atoms with Crippen LogP contribution < -0.4 is 16.4 Å². The van der Waals surface area contributed by atoms with Gasteiger partial charge in [0.1, 0.15) is 0 Å². The number of amides is 1. The second kappa shape index (κ2) is 4.94. The minimum Gasteiger partial charge on any atom is -0.353 e.